The van der Waals surface area contributed by atoms with Crippen molar-refractivity contribution in [3.05, 3.63) is 34.4 Å². The first-order valence-electron chi connectivity index (χ1n) is 4.78. The molecule has 0 saturated heterocycles. The third-order valence-corrected chi connectivity index (χ3v) is 2.28. The van der Waals surface area contributed by atoms with Gasteiger partial charge in [0.15, 0.2) is 0 Å². The van der Waals surface area contributed by atoms with Crippen molar-refractivity contribution in [1.82, 2.24) is 5.32 Å². The molecular formula is C11H13F2NO2. The largest absolute Gasteiger partial charge is 0.392 e. The van der Waals surface area contributed by atoms with Gasteiger partial charge in [0, 0.05) is 17.7 Å². The highest BCUT2D eigenvalue weighted by Gasteiger charge is 2.17. The molecule has 0 aromatic heterocycles. The summed E-state index contributed by atoms with van der Waals surface area (Å²) in [6.45, 7) is -0.167. The van der Waals surface area contributed by atoms with Crippen LogP contribution in [0.4, 0.5) is 8.78 Å². The molecule has 16 heavy (non-hydrogen) atoms. The maximum atomic E-state index is 12.8. The fourth-order valence-electron chi connectivity index (χ4n) is 1.55. The molecule has 0 unspecified atom stereocenters. The maximum absolute atomic E-state index is 12.8. The molecule has 1 rings (SSSR count). The molecule has 0 aliphatic rings. The number of rotatable bonds is 5. The Balaban J connectivity index is 3.34. The van der Waals surface area contributed by atoms with Gasteiger partial charge in [-0.05, 0) is 30.3 Å². The second kappa shape index (κ2) is 5.67. The van der Waals surface area contributed by atoms with E-state index in [1.165, 1.54) is 12.1 Å². The van der Waals surface area contributed by atoms with Crippen LogP contribution in [0, 0.1) is 0 Å². The highest BCUT2D eigenvalue weighted by Crippen LogP contribution is 2.26. The lowest BCUT2D eigenvalue weighted by Crippen LogP contribution is -2.11. The fraction of sp³-hybridized carbons (Fsp3) is 0.364. The molecule has 0 amide bonds. The zero-order chi connectivity index (χ0) is 12.1. The van der Waals surface area contributed by atoms with Crippen LogP contribution in [0.5, 0.6) is 0 Å². The third kappa shape index (κ3) is 2.62. The molecule has 1 aromatic rings. The van der Waals surface area contributed by atoms with Crippen LogP contribution in [0.2, 0.25) is 0 Å². The Hall–Kier alpha value is -1.33. The van der Waals surface area contributed by atoms with Gasteiger partial charge in [-0.25, -0.2) is 8.78 Å². The highest BCUT2D eigenvalue weighted by atomic mass is 19.3. The van der Waals surface area contributed by atoms with Crippen molar-refractivity contribution in [3.8, 4) is 0 Å². The van der Waals surface area contributed by atoms with Gasteiger partial charge in [0.25, 0.3) is 6.43 Å². The second-order valence-corrected chi connectivity index (χ2v) is 3.36. The summed E-state index contributed by atoms with van der Waals surface area (Å²) in [6, 6.07) is 2.65. The molecular weight excluding hydrogens is 216 g/mol. The number of hydrogen-bond acceptors (Lipinski definition) is 3. The van der Waals surface area contributed by atoms with Crippen molar-refractivity contribution in [2.45, 2.75) is 19.6 Å². The molecule has 1 aromatic carbocycles. The van der Waals surface area contributed by atoms with Gasteiger partial charge in [-0.3, -0.25) is 4.79 Å². The first kappa shape index (κ1) is 12.7. The van der Waals surface area contributed by atoms with E-state index < -0.39 is 6.43 Å². The number of aliphatic hydroxyl groups excluding tert-OH is 1. The molecule has 0 aliphatic heterocycles. The molecule has 0 saturated carbocycles. The Morgan fingerprint density at radius 2 is 2.19 bits per heavy atom. The lowest BCUT2D eigenvalue weighted by atomic mass is 9.98. The molecule has 0 fully saturated rings. The minimum atomic E-state index is -2.66. The number of carbonyl (C=O) groups is 1. The Morgan fingerprint density at radius 1 is 1.50 bits per heavy atom. The van der Waals surface area contributed by atoms with E-state index in [4.69, 9.17) is 5.11 Å². The molecule has 2 N–H and O–H groups in total. The average Bonchev–Trinajstić information content (AvgIpc) is 2.29. The quantitative estimate of drug-likeness (QED) is 0.755. The molecule has 0 atom stereocenters. The van der Waals surface area contributed by atoms with Crippen LogP contribution >= 0.6 is 0 Å². The van der Waals surface area contributed by atoms with Crippen molar-refractivity contribution in [2.24, 2.45) is 0 Å². The van der Waals surface area contributed by atoms with Crippen LogP contribution in [-0.4, -0.2) is 18.4 Å². The van der Waals surface area contributed by atoms with E-state index in [1.54, 1.807) is 7.05 Å². The van der Waals surface area contributed by atoms with E-state index in [-0.39, 0.29) is 29.8 Å². The molecule has 0 radical (unpaired) electrons. The summed E-state index contributed by atoms with van der Waals surface area (Å²) in [5.41, 5.74) is 0.584. The molecule has 0 spiro atoms. The smallest absolute Gasteiger partial charge is 0.264 e. The van der Waals surface area contributed by atoms with Crippen molar-refractivity contribution < 1.29 is 18.7 Å². The van der Waals surface area contributed by atoms with Crippen molar-refractivity contribution in [2.75, 3.05) is 7.05 Å². The monoisotopic (exact) mass is 229 g/mol. The number of carbonyl (C=O) groups excluding carboxylic acids is 1. The predicted octanol–water partition coefficient (Wildman–Crippen LogP) is 1.65. The number of aldehydes is 1. The van der Waals surface area contributed by atoms with Gasteiger partial charge in [-0.15, -0.1) is 0 Å². The van der Waals surface area contributed by atoms with Crippen LogP contribution in [-0.2, 0) is 13.2 Å². The maximum Gasteiger partial charge on any atom is 0.264 e. The number of alkyl halides is 2. The number of halogens is 2. The van der Waals surface area contributed by atoms with Gasteiger partial charge < -0.3 is 10.4 Å². The van der Waals surface area contributed by atoms with E-state index in [0.29, 0.717) is 11.8 Å². The normalized spacial score (nSPS) is 10.8. The van der Waals surface area contributed by atoms with Crippen LogP contribution < -0.4 is 5.32 Å². The SMILES string of the molecule is CNCc1c(C=O)cc(CO)cc1C(F)F. The number of benzene rings is 1. The number of hydrogen-bond donors (Lipinski definition) is 2. The lowest BCUT2D eigenvalue weighted by Gasteiger charge is -2.13. The van der Waals surface area contributed by atoms with Crippen molar-refractivity contribution in [3.63, 3.8) is 0 Å². The summed E-state index contributed by atoms with van der Waals surface area (Å²) in [5.74, 6) is 0. The van der Waals surface area contributed by atoms with Crippen LogP contribution in [0.25, 0.3) is 0 Å². The van der Waals surface area contributed by atoms with Crippen LogP contribution in [0.3, 0.4) is 0 Å². The van der Waals surface area contributed by atoms with Gasteiger partial charge >= 0.3 is 0 Å². The Morgan fingerprint density at radius 3 is 2.62 bits per heavy atom. The summed E-state index contributed by atoms with van der Waals surface area (Å²) >= 11 is 0. The summed E-state index contributed by atoms with van der Waals surface area (Å²) in [4.78, 5) is 10.8. The summed E-state index contributed by atoms with van der Waals surface area (Å²) in [7, 11) is 1.61. The number of nitrogens with one attached hydrogen (secondary N) is 1. The van der Waals surface area contributed by atoms with Crippen LogP contribution in [0.15, 0.2) is 12.1 Å². The molecule has 0 aliphatic carbocycles. The van der Waals surface area contributed by atoms with Crippen molar-refractivity contribution in [1.29, 1.82) is 0 Å². The van der Waals surface area contributed by atoms with E-state index in [0.717, 1.165) is 0 Å². The highest BCUT2D eigenvalue weighted by molar-refractivity contribution is 5.78. The molecule has 0 bridgehead atoms. The molecule has 88 valence electrons. The van der Waals surface area contributed by atoms with Gasteiger partial charge in [0.2, 0.25) is 0 Å². The minimum absolute atomic E-state index is 0.191. The third-order valence-electron chi connectivity index (χ3n) is 2.28. The second-order valence-electron chi connectivity index (χ2n) is 3.36. The van der Waals surface area contributed by atoms with Crippen molar-refractivity contribution >= 4 is 6.29 Å². The molecule has 3 nitrogen and oxygen atoms in total. The summed E-state index contributed by atoms with van der Waals surface area (Å²) in [5, 5.41) is 11.6. The van der Waals surface area contributed by atoms with E-state index in [2.05, 4.69) is 5.32 Å². The summed E-state index contributed by atoms with van der Waals surface area (Å²) in [6.07, 6.45) is -2.13. The topological polar surface area (TPSA) is 49.3 Å². The van der Waals surface area contributed by atoms with Gasteiger partial charge in [-0.2, -0.15) is 0 Å². The van der Waals surface area contributed by atoms with Gasteiger partial charge in [0.1, 0.15) is 6.29 Å². The Kier molecular flexibility index (Phi) is 4.52. The summed E-state index contributed by atoms with van der Waals surface area (Å²) < 4.78 is 25.5. The fourth-order valence-corrected chi connectivity index (χ4v) is 1.55. The zero-order valence-electron chi connectivity index (χ0n) is 8.84. The minimum Gasteiger partial charge on any atom is -0.392 e. The Labute approximate surface area is 92.1 Å². The van der Waals surface area contributed by atoms with Gasteiger partial charge in [0.05, 0.1) is 6.61 Å². The van der Waals surface area contributed by atoms with E-state index in [9.17, 15) is 13.6 Å². The first-order chi connectivity index (χ1) is 7.63. The first-order valence-corrected chi connectivity index (χ1v) is 4.78. The van der Waals surface area contributed by atoms with Gasteiger partial charge in [-0.1, -0.05) is 0 Å². The molecule has 5 heteroatoms. The van der Waals surface area contributed by atoms with Crippen LogP contribution in [0.1, 0.15) is 33.5 Å². The Bertz CT molecular complexity index is 380. The van der Waals surface area contributed by atoms with E-state index in [1.807, 2.05) is 0 Å². The predicted molar refractivity (Wildman–Crippen MR) is 55.5 cm³/mol. The van der Waals surface area contributed by atoms with E-state index >= 15 is 0 Å². The average molecular weight is 229 g/mol. The lowest BCUT2D eigenvalue weighted by molar-refractivity contribution is 0.112. The number of aliphatic hydroxyl groups is 1. The zero-order valence-corrected chi connectivity index (χ0v) is 8.84. The molecule has 0 heterocycles. The standard InChI is InChI=1S/C11H13F2NO2/c1-14-4-10-8(6-16)2-7(5-15)3-9(10)11(12)13/h2-3,6,11,14-15H,4-5H2,1H3.